The van der Waals surface area contributed by atoms with E-state index in [4.69, 9.17) is 5.11 Å². The Morgan fingerprint density at radius 2 is 2.00 bits per heavy atom. The molecule has 0 aliphatic heterocycles. The van der Waals surface area contributed by atoms with Crippen molar-refractivity contribution in [1.29, 1.82) is 0 Å². The van der Waals surface area contributed by atoms with Gasteiger partial charge in [0, 0.05) is 43.6 Å². The van der Waals surface area contributed by atoms with Gasteiger partial charge >= 0.3 is 6.03 Å². The van der Waals surface area contributed by atoms with Gasteiger partial charge in [-0.1, -0.05) is 6.07 Å². The van der Waals surface area contributed by atoms with Crippen LogP contribution in [0.4, 0.5) is 10.5 Å². The first-order chi connectivity index (χ1) is 9.79. The van der Waals surface area contributed by atoms with Gasteiger partial charge in [-0.2, -0.15) is 0 Å². The summed E-state index contributed by atoms with van der Waals surface area (Å²) >= 11 is 0. The zero-order chi connectivity index (χ0) is 14.2. The Kier molecular flexibility index (Phi) is 5.02. The molecule has 0 unspecified atom stereocenters. The number of nitrogens with zero attached hydrogens (tertiary/aromatic N) is 3. The Labute approximate surface area is 117 Å². The number of nitrogens with one attached hydrogen (secondary N) is 1. The number of carbonyl (C=O) groups is 1. The quantitative estimate of drug-likeness (QED) is 0.864. The molecule has 6 heteroatoms. The van der Waals surface area contributed by atoms with Gasteiger partial charge in [0.2, 0.25) is 0 Å². The van der Waals surface area contributed by atoms with E-state index in [1.165, 1.54) is 4.90 Å². The molecule has 0 aliphatic carbocycles. The fraction of sp³-hybridized carbons (Fsp3) is 0.214. The second-order valence-electron chi connectivity index (χ2n) is 4.17. The Hall–Kier alpha value is -2.47. The summed E-state index contributed by atoms with van der Waals surface area (Å²) in [5.74, 6) is 0. The van der Waals surface area contributed by atoms with Gasteiger partial charge in [-0.15, -0.1) is 0 Å². The minimum Gasteiger partial charge on any atom is -0.395 e. The Bertz CT molecular complexity index is 533. The van der Waals surface area contributed by atoms with Crippen molar-refractivity contribution in [2.75, 3.05) is 18.5 Å². The first kappa shape index (κ1) is 14.0. The zero-order valence-electron chi connectivity index (χ0n) is 10.9. The number of hydrogen-bond acceptors (Lipinski definition) is 4. The van der Waals surface area contributed by atoms with Crippen LogP contribution >= 0.6 is 0 Å². The molecule has 0 saturated carbocycles. The third-order valence-electron chi connectivity index (χ3n) is 2.68. The molecule has 0 radical (unpaired) electrons. The summed E-state index contributed by atoms with van der Waals surface area (Å²) in [5.41, 5.74) is 1.57. The summed E-state index contributed by atoms with van der Waals surface area (Å²) in [6.45, 7) is 0.557. The molecule has 2 aromatic rings. The lowest BCUT2D eigenvalue weighted by atomic mass is 10.2. The van der Waals surface area contributed by atoms with Crippen LogP contribution in [-0.4, -0.2) is 39.2 Å². The highest BCUT2D eigenvalue weighted by Gasteiger charge is 2.13. The number of aliphatic hydroxyl groups is 1. The second kappa shape index (κ2) is 7.20. The van der Waals surface area contributed by atoms with Crippen molar-refractivity contribution in [3.63, 3.8) is 0 Å². The number of pyridine rings is 2. The van der Waals surface area contributed by atoms with Crippen molar-refractivity contribution < 1.29 is 9.90 Å². The van der Waals surface area contributed by atoms with E-state index in [1.807, 2.05) is 12.1 Å². The average molecular weight is 272 g/mol. The molecule has 2 rings (SSSR count). The van der Waals surface area contributed by atoms with E-state index in [1.54, 1.807) is 36.9 Å². The SMILES string of the molecule is O=C(Nc1ccncc1)N(CCO)Cc1cccnc1. The van der Waals surface area contributed by atoms with E-state index in [0.717, 1.165) is 5.56 Å². The van der Waals surface area contributed by atoms with Crippen molar-refractivity contribution in [2.24, 2.45) is 0 Å². The van der Waals surface area contributed by atoms with Crippen molar-refractivity contribution >= 4 is 11.7 Å². The average Bonchev–Trinajstić information content (AvgIpc) is 2.49. The molecular formula is C14H16N4O2. The van der Waals surface area contributed by atoms with Crippen LogP contribution in [0.3, 0.4) is 0 Å². The highest BCUT2D eigenvalue weighted by atomic mass is 16.3. The Morgan fingerprint density at radius 3 is 2.65 bits per heavy atom. The van der Waals surface area contributed by atoms with Gasteiger partial charge in [0.15, 0.2) is 0 Å². The summed E-state index contributed by atoms with van der Waals surface area (Å²) < 4.78 is 0. The van der Waals surface area contributed by atoms with Crippen LogP contribution < -0.4 is 5.32 Å². The van der Waals surface area contributed by atoms with E-state index in [0.29, 0.717) is 12.2 Å². The van der Waals surface area contributed by atoms with E-state index in [-0.39, 0.29) is 19.2 Å². The Balaban J connectivity index is 2.02. The van der Waals surface area contributed by atoms with Gasteiger partial charge in [0.25, 0.3) is 0 Å². The Morgan fingerprint density at radius 1 is 1.20 bits per heavy atom. The topological polar surface area (TPSA) is 78.4 Å². The first-order valence-corrected chi connectivity index (χ1v) is 6.25. The van der Waals surface area contributed by atoms with Crippen molar-refractivity contribution in [3.8, 4) is 0 Å². The lowest BCUT2D eigenvalue weighted by Crippen LogP contribution is -2.36. The molecule has 0 atom stereocenters. The summed E-state index contributed by atoms with van der Waals surface area (Å²) in [6, 6.07) is 6.84. The minimum atomic E-state index is -0.269. The van der Waals surface area contributed by atoms with Gasteiger partial charge < -0.3 is 15.3 Å². The van der Waals surface area contributed by atoms with Crippen molar-refractivity contribution in [1.82, 2.24) is 14.9 Å². The molecule has 0 aliphatic rings. The van der Waals surface area contributed by atoms with Gasteiger partial charge in [-0.05, 0) is 23.8 Å². The number of aromatic nitrogens is 2. The molecule has 104 valence electrons. The van der Waals surface area contributed by atoms with Crippen LogP contribution in [0.15, 0.2) is 49.1 Å². The number of aliphatic hydroxyl groups excluding tert-OH is 1. The van der Waals surface area contributed by atoms with E-state index in [2.05, 4.69) is 15.3 Å². The maximum atomic E-state index is 12.2. The number of anilines is 1. The molecule has 0 spiro atoms. The molecular weight excluding hydrogens is 256 g/mol. The number of hydrogen-bond donors (Lipinski definition) is 2. The molecule has 2 aromatic heterocycles. The molecule has 6 nitrogen and oxygen atoms in total. The molecule has 20 heavy (non-hydrogen) atoms. The summed E-state index contributed by atoms with van der Waals surface area (Å²) in [6.07, 6.45) is 6.58. The highest BCUT2D eigenvalue weighted by molar-refractivity contribution is 5.89. The fourth-order valence-corrected chi connectivity index (χ4v) is 1.72. The monoisotopic (exact) mass is 272 g/mol. The van der Waals surface area contributed by atoms with Crippen LogP contribution in [0.25, 0.3) is 0 Å². The highest BCUT2D eigenvalue weighted by Crippen LogP contribution is 2.08. The maximum absolute atomic E-state index is 12.2. The van der Waals surface area contributed by atoms with E-state index < -0.39 is 0 Å². The minimum absolute atomic E-state index is 0.0932. The van der Waals surface area contributed by atoms with Crippen molar-refractivity contribution in [3.05, 3.63) is 54.6 Å². The van der Waals surface area contributed by atoms with Gasteiger partial charge in [0.05, 0.1) is 6.61 Å². The third-order valence-corrected chi connectivity index (χ3v) is 2.68. The molecule has 0 saturated heterocycles. The molecule has 0 fully saturated rings. The van der Waals surface area contributed by atoms with Crippen LogP contribution in [0.5, 0.6) is 0 Å². The van der Waals surface area contributed by atoms with Crippen LogP contribution in [0.1, 0.15) is 5.56 Å². The first-order valence-electron chi connectivity index (χ1n) is 6.25. The summed E-state index contributed by atoms with van der Waals surface area (Å²) in [4.78, 5) is 21.6. The lowest BCUT2D eigenvalue weighted by Gasteiger charge is -2.22. The van der Waals surface area contributed by atoms with E-state index >= 15 is 0 Å². The van der Waals surface area contributed by atoms with Crippen molar-refractivity contribution in [2.45, 2.75) is 6.54 Å². The lowest BCUT2D eigenvalue weighted by molar-refractivity contribution is 0.185. The largest absolute Gasteiger partial charge is 0.395 e. The maximum Gasteiger partial charge on any atom is 0.322 e. The molecule has 2 heterocycles. The predicted molar refractivity (Wildman–Crippen MR) is 75.0 cm³/mol. The fourth-order valence-electron chi connectivity index (χ4n) is 1.72. The number of amides is 2. The van der Waals surface area contributed by atoms with Gasteiger partial charge in [0.1, 0.15) is 0 Å². The standard InChI is InChI=1S/C14H16N4O2/c19-9-8-18(11-12-2-1-5-16-10-12)14(20)17-13-3-6-15-7-4-13/h1-7,10,19H,8-9,11H2,(H,15,17,20). The van der Waals surface area contributed by atoms with Crippen LogP contribution in [0, 0.1) is 0 Å². The second-order valence-corrected chi connectivity index (χ2v) is 4.17. The zero-order valence-corrected chi connectivity index (χ0v) is 10.9. The molecule has 2 amide bonds. The molecule has 2 N–H and O–H groups in total. The van der Waals surface area contributed by atoms with Crippen LogP contribution in [0.2, 0.25) is 0 Å². The molecule has 0 bridgehead atoms. The summed E-state index contributed by atoms with van der Waals surface area (Å²) in [5, 5.41) is 11.8. The van der Waals surface area contributed by atoms with Gasteiger partial charge in [-0.25, -0.2) is 4.79 Å². The smallest absolute Gasteiger partial charge is 0.322 e. The van der Waals surface area contributed by atoms with E-state index in [9.17, 15) is 4.79 Å². The summed E-state index contributed by atoms with van der Waals surface area (Å²) in [7, 11) is 0. The number of rotatable bonds is 5. The number of carbonyl (C=O) groups excluding carboxylic acids is 1. The number of urea groups is 1. The third kappa shape index (κ3) is 4.03. The predicted octanol–water partition coefficient (Wildman–Crippen LogP) is 1.50. The van der Waals surface area contributed by atoms with Crippen LogP contribution in [-0.2, 0) is 6.54 Å². The van der Waals surface area contributed by atoms with Gasteiger partial charge in [-0.3, -0.25) is 9.97 Å². The normalized spacial score (nSPS) is 10.1. The molecule has 0 aromatic carbocycles.